The minimum absolute atomic E-state index is 0.0704. The van der Waals surface area contributed by atoms with Gasteiger partial charge in [-0.2, -0.15) is 0 Å². The third-order valence-electron chi connectivity index (χ3n) is 4.75. The first-order valence-electron chi connectivity index (χ1n) is 8.94. The lowest BCUT2D eigenvalue weighted by Gasteiger charge is -2.26. The van der Waals surface area contributed by atoms with Gasteiger partial charge in [0.05, 0.1) is 18.3 Å². The third-order valence-corrected chi connectivity index (χ3v) is 4.75. The maximum Gasteiger partial charge on any atom is 0.315 e. The lowest BCUT2D eigenvalue weighted by atomic mass is 10.1. The number of pyridine rings is 1. The molecule has 2 fully saturated rings. The Morgan fingerprint density at radius 2 is 2.12 bits per heavy atom. The van der Waals surface area contributed by atoms with Crippen molar-refractivity contribution >= 4 is 6.03 Å². The Balaban J connectivity index is 1.42. The molecule has 1 saturated heterocycles. The van der Waals surface area contributed by atoms with Gasteiger partial charge in [0.25, 0.3) is 0 Å². The SMILES string of the molecule is C[C@@H](NC(=O)NC[C@H]1COC2(CCCCCC2)O1)c1ccccn1. The Morgan fingerprint density at radius 1 is 1.33 bits per heavy atom. The number of hydrogen-bond acceptors (Lipinski definition) is 4. The first kappa shape index (κ1) is 17.2. The molecule has 2 atom stereocenters. The fraction of sp³-hybridized carbons (Fsp3) is 0.667. The van der Waals surface area contributed by atoms with E-state index in [9.17, 15) is 4.79 Å². The largest absolute Gasteiger partial charge is 0.347 e. The molecule has 1 aromatic rings. The molecular weight excluding hydrogens is 306 g/mol. The second kappa shape index (κ2) is 7.94. The standard InChI is InChI=1S/C18H27N3O3/c1-14(16-8-4-7-11-19-16)21-17(22)20-12-15-13-23-18(24-15)9-5-2-3-6-10-18/h4,7-8,11,14-15H,2-3,5-6,9-10,12-13H2,1H3,(H2,20,21,22)/t14-,15+/m1/s1. The molecule has 0 aromatic carbocycles. The Morgan fingerprint density at radius 3 is 2.83 bits per heavy atom. The van der Waals surface area contributed by atoms with E-state index in [-0.39, 0.29) is 18.2 Å². The van der Waals surface area contributed by atoms with Gasteiger partial charge < -0.3 is 20.1 Å². The highest BCUT2D eigenvalue weighted by molar-refractivity contribution is 5.74. The predicted molar refractivity (Wildman–Crippen MR) is 90.4 cm³/mol. The molecule has 1 aromatic heterocycles. The van der Waals surface area contributed by atoms with Gasteiger partial charge in [0.15, 0.2) is 5.79 Å². The zero-order valence-electron chi connectivity index (χ0n) is 14.3. The zero-order valence-corrected chi connectivity index (χ0v) is 14.3. The highest BCUT2D eigenvalue weighted by Gasteiger charge is 2.41. The number of rotatable bonds is 4. The summed E-state index contributed by atoms with van der Waals surface area (Å²) >= 11 is 0. The van der Waals surface area contributed by atoms with Gasteiger partial charge in [0, 0.05) is 25.6 Å². The van der Waals surface area contributed by atoms with Crippen LogP contribution in [0.5, 0.6) is 0 Å². The van der Waals surface area contributed by atoms with Crippen LogP contribution < -0.4 is 10.6 Å². The Bertz CT molecular complexity index is 530. The van der Waals surface area contributed by atoms with Crippen LogP contribution >= 0.6 is 0 Å². The van der Waals surface area contributed by atoms with E-state index in [1.807, 2.05) is 25.1 Å². The van der Waals surface area contributed by atoms with Gasteiger partial charge in [0.1, 0.15) is 6.10 Å². The first-order chi connectivity index (χ1) is 11.7. The first-order valence-corrected chi connectivity index (χ1v) is 8.94. The number of nitrogens with one attached hydrogen (secondary N) is 2. The van der Waals surface area contributed by atoms with Crippen molar-refractivity contribution in [3.8, 4) is 0 Å². The Hall–Kier alpha value is -1.66. The molecule has 1 aliphatic heterocycles. The summed E-state index contributed by atoms with van der Waals surface area (Å²) in [6.45, 7) is 2.93. The minimum Gasteiger partial charge on any atom is -0.347 e. The highest BCUT2D eigenvalue weighted by atomic mass is 16.7. The van der Waals surface area contributed by atoms with E-state index in [4.69, 9.17) is 9.47 Å². The van der Waals surface area contributed by atoms with Gasteiger partial charge in [-0.25, -0.2) is 4.79 Å². The molecule has 1 aliphatic carbocycles. The molecule has 132 valence electrons. The fourth-order valence-electron chi connectivity index (χ4n) is 3.41. The summed E-state index contributed by atoms with van der Waals surface area (Å²) in [5, 5.41) is 5.77. The van der Waals surface area contributed by atoms with E-state index in [2.05, 4.69) is 15.6 Å². The van der Waals surface area contributed by atoms with Crippen molar-refractivity contribution < 1.29 is 14.3 Å². The van der Waals surface area contributed by atoms with Crippen molar-refractivity contribution in [1.82, 2.24) is 15.6 Å². The van der Waals surface area contributed by atoms with E-state index in [1.165, 1.54) is 12.8 Å². The van der Waals surface area contributed by atoms with Gasteiger partial charge in [0.2, 0.25) is 0 Å². The van der Waals surface area contributed by atoms with Crippen LogP contribution in [0.25, 0.3) is 0 Å². The summed E-state index contributed by atoms with van der Waals surface area (Å²) in [4.78, 5) is 16.3. The average molecular weight is 333 g/mol. The summed E-state index contributed by atoms with van der Waals surface area (Å²) in [6.07, 6.45) is 8.40. The smallest absolute Gasteiger partial charge is 0.315 e. The Labute approximate surface area is 143 Å². The molecule has 6 heteroatoms. The van der Waals surface area contributed by atoms with Gasteiger partial charge in [-0.3, -0.25) is 4.98 Å². The molecule has 24 heavy (non-hydrogen) atoms. The third kappa shape index (κ3) is 4.45. The van der Waals surface area contributed by atoms with Crippen LogP contribution in [0.3, 0.4) is 0 Å². The van der Waals surface area contributed by atoms with Gasteiger partial charge in [-0.1, -0.05) is 18.9 Å². The number of aromatic nitrogens is 1. The van der Waals surface area contributed by atoms with Crippen molar-refractivity contribution in [1.29, 1.82) is 0 Å². The van der Waals surface area contributed by atoms with E-state index in [0.29, 0.717) is 13.2 Å². The topological polar surface area (TPSA) is 72.5 Å². The normalized spacial score (nSPS) is 24.3. The second-order valence-corrected chi connectivity index (χ2v) is 6.71. The number of nitrogens with zero attached hydrogens (tertiary/aromatic N) is 1. The number of amides is 2. The number of urea groups is 1. The van der Waals surface area contributed by atoms with Gasteiger partial charge >= 0.3 is 6.03 Å². The van der Waals surface area contributed by atoms with Crippen LogP contribution in [0.1, 0.15) is 57.2 Å². The molecule has 1 saturated carbocycles. The molecule has 0 bridgehead atoms. The van der Waals surface area contributed by atoms with Crippen molar-refractivity contribution in [2.24, 2.45) is 0 Å². The van der Waals surface area contributed by atoms with Crippen molar-refractivity contribution in [3.63, 3.8) is 0 Å². The molecule has 2 amide bonds. The van der Waals surface area contributed by atoms with Crippen LogP contribution in [0.4, 0.5) is 4.79 Å². The molecular formula is C18H27N3O3. The van der Waals surface area contributed by atoms with Crippen LogP contribution in [0, 0.1) is 0 Å². The quantitative estimate of drug-likeness (QED) is 0.889. The summed E-state index contributed by atoms with van der Waals surface area (Å²) in [5.74, 6) is -0.402. The van der Waals surface area contributed by atoms with Crippen molar-refractivity contribution in [3.05, 3.63) is 30.1 Å². The number of carbonyl (C=O) groups excluding carboxylic acids is 1. The van der Waals surface area contributed by atoms with Crippen LogP contribution in [0.2, 0.25) is 0 Å². The van der Waals surface area contributed by atoms with Crippen LogP contribution in [-0.2, 0) is 9.47 Å². The lowest BCUT2D eigenvalue weighted by Crippen LogP contribution is -2.42. The number of hydrogen-bond donors (Lipinski definition) is 2. The van der Waals surface area contributed by atoms with Crippen LogP contribution in [0.15, 0.2) is 24.4 Å². The van der Waals surface area contributed by atoms with Gasteiger partial charge in [-0.05, 0) is 31.9 Å². The zero-order chi connectivity index (χ0) is 16.8. The van der Waals surface area contributed by atoms with E-state index < -0.39 is 5.79 Å². The summed E-state index contributed by atoms with van der Waals surface area (Å²) in [7, 11) is 0. The van der Waals surface area contributed by atoms with Crippen molar-refractivity contribution in [2.45, 2.75) is 63.4 Å². The maximum atomic E-state index is 12.1. The average Bonchev–Trinajstić information content (AvgIpc) is 2.85. The lowest BCUT2D eigenvalue weighted by molar-refractivity contribution is -0.175. The van der Waals surface area contributed by atoms with Crippen LogP contribution in [-0.4, -0.2) is 36.1 Å². The fourth-order valence-corrected chi connectivity index (χ4v) is 3.41. The second-order valence-electron chi connectivity index (χ2n) is 6.71. The number of carbonyl (C=O) groups is 1. The molecule has 2 heterocycles. The molecule has 2 N–H and O–H groups in total. The molecule has 0 unspecified atom stereocenters. The van der Waals surface area contributed by atoms with E-state index in [0.717, 1.165) is 31.4 Å². The van der Waals surface area contributed by atoms with Gasteiger partial charge in [-0.15, -0.1) is 0 Å². The molecule has 0 radical (unpaired) electrons. The van der Waals surface area contributed by atoms with Crippen molar-refractivity contribution in [2.75, 3.05) is 13.2 Å². The molecule has 6 nitrogen and oxygen atoms in total. The summed E-state index contributed by atoms with van der Waals surface area (Å²) in [6, 6.07) is 5.32. The minimum atomic E-state index is -0.402. The predicted octanol–water partition coefficient (Wildman–Crippen LogP) is 2.91. The summed E-state index contributed by atoms with van der Waals surface area (Å²) < 4.78 is 12.1. The van der Waals surface area contributed by atoms with E-state index in [1.54, 1.807) is 6.20 Å². The molecule has 1 spiro atoms. The molecule has 2 aliphatic rings. The number of ether oxygens (including phenoxy) is 2. The Kier molecular flexibility index (Phi) is 5.68. The molecule has 3 rings (SSSR count). The van der Waals surface area contributed by atoms with E-state index >= 15 is 0 Å². The maximum absolute atomic E-state index is 12.1. The monoisotopic (exact) mass is 333 g/mol. The summed E-state index contributed by atoms with van der Waals surface area (Å²) in [5.41, 5.74) is 0.838. The highest BCUT2D eigenvalue weighted by Crippen LogP contribution is 2.36.